The summed E-state index contributed by atoms with van der Waals surface area (Å²) in [7, 11) is -3.74. The van der Waals surface area contributed by atoms with Crippen LogP contribution in [0.4, 0.5) is 0 Å². The average Bonchev–Trinajstić information content (AvgIpc) is 2.06. The highest BCUT2D eigenvalue weighted by atomic mass is 32.1. The van der Waals surface area contributed by atoms with Crippen molar-refractivity contribution in [3.05, 3.63) is 0 Å². The first-order chi connectivity index (χ1) is 6.06. The predicted molar refractivity (Wildman–Crippen MR) is 52.4 cm³/mol. The second kappa shape index (κ2) is 7.79. The fourth-order valence-electron chi connectivity index (χ4n) is 0.570. The Morgan fingerprint density at radius 2 is 1.54 bits per heavy atom. The van der Waals surface area contributed by atoms with Crippen molar-refractivity contribution in [2.45, 2.75) is 0 Å². The van der Waals surface area contributed by atoms with Crippen molar-refractivity contribution in [2.75, 3.05) is 38.3 Å². The summed E-state index contributed by atoms with van der Waals surface area (Å²) in [5.41, 5.74) is 0. The lowest BCUT2D eigenvalue weighted by Crippen LogP contribution is -2.16. The Labute approximate surface area is 83.0 Å². The van der Waals surface area contributed by atoms with Crippen molar-refractivity contribution in [1.29, 1.82) is 0 Å². The summed E-state index contributed by atoms with van der Waals surface area (Å²) >= 11 is 3.62. The van der Waals surface area contributed by atoms with Crippen LogP contribution in [0.25, 0.3) is 0 Å². The molecule has 1 fully saturated rings. The summed E-state index contributed by atoms with van der Waals surface area (Å²) in [5, 5.41) is 0. The largest absolute Gasteiger partial charge is 0.377 e. The van der Waals surface area contributed by atoms with E-state index >= 15 is 0 Å². The fourth-order valence-corrected chi connectivity index (χ4v) is 1.61. The van der Waals surface area contributed by atoms with E-state index in [-0.39, 0.29) is 11.9 Å². The standard InChI is InChI=1S/C4H8O2.C2H7O3PS/c1-2-6-4-3-5-1;3-6(4,5)1-2-7/h1-4H2;7H,1-2H2,(H2,3,4,5). The summed E-state index contributed by atoms with van der Waals surface area (Å²) in [6.45, 7) is 3.11. The Kier molecular flexibility index (Phi) is 8.04. The van der Waals surface area contributed by atoms with E-state index in [0.29, 0.717) is 0 Å². The van der Waals surface area contributed by atoms with E-state index in [1.54, 1.807) is 0 Å². The van der Waals surface area contributed by atoms with E-state index in [1.807, 2.05) is 0 Å². The molecule has 2 N–H and O–H groups in total. The van der Waals surface area contributed by atoms with Gasteiger partial charge in [-0.15, -0.1) is 0 Å². The van der Waals surface area contributed by atoms with Gasteiger partial charge in [0.2, 0.25) is 0 Å². The molecule has 0 atom stereocenters. The topological polar surface area (TPSA) is 76.0 Å². The lowest BCUT2D eigenvalue weighted by molar-refractivity contribution is -0.0334. The summed E-state index contributed by atoms with van der Waals surface area (Å²) in [5.74, 6) is 0.240. The highest BCUT2D eigenvalue weighted by Gasteiger charge is 2.08. The number of hydrogen-bond donors (Lipinski definition) is 3. The summed E-state index contributed by atoms with van der Waals surface area (Å²) in [4.78, 5) is 16.2. The minimum Gasteiger partial charge on any atom is -0.377 e. The molecule has 1 rings (SSSR count). The van der Waals surface area contributed by atoms with Gasteiger partial charge in [-0.05, 0) is 0 Å². The number of thiol groups is 1. The van der Waals surface area contributed by atoms with Crippen LogP contribution in [0.5, 0.6) is 0 Å². The van der Waals surface area contributed by atoms with E-state index in [2.05, 4.69) is 12.6 Å². The molecule has 13 heavy (non-hydrogen) atoms. The molecule has 0 bridgehead atoms. The van der Waals surface area contributed by atoms with Crippen molar-refractivity contribution >= 4 is 20.2 Å². The first kappa shape index (κ1) is 13.4. The first-order valence-corrected chi connectivity index (χ1v) is 6.30. The van der Waals surface area contributed by atoms with Gasteiger partial charge in [-0.1, -0.05) is 0 Å². The van der Waals surface area contributed by atoms with Crippen LogP contribution in [0.1, 0.15) is 0 Å². The van der Waals surface area contributed by atoms with Crippen molar-refractivity contribution in [1.82, 2.24) is 0 Å². The van der Waals surface area contributed by atoms with Crippen molar-refractivity contribution < 1.29 is 23.8 Å². The predicted octanol–water partition coefficient (Wildman–Crippen LogP) is 0.127. The van der Waals surface area contributed by atoms with Crippen LogP contribution in [-0.2, 0) is 14.0 Å². The maximum Gasteiger partial charge on any atom is 0.326 e. The Hall–Kier alpha value is 0.420. The molecule has 0 radical (unpaired) electrons. The van der Waals surface area contributed by atoms with Crippen LogP contribution in [-0.4, -0.2) is 48.1 Å². The smallest absolute Gasteiger partial charge is 0.326 e. The van der Waals surface area contributed by atoms with Gasteiger partial charge >= 0.3 is 7.60 Å². The zero-order chi connectivity index (χ0) is 10.2. The third-order valence-electron chi connectivity index (χ3n) is 1.14. The second-order valence-corrected chi connectivity index (χ2v) is 4.56. The van der Waals surface area contributed by atoms with Crippen LogP contribution >= 0.6 is 20.2 Å². The summed E-state index contributed by atoms with van der Waals surface area (Å²) in [6.07, 6.45) is -0.129. The van der Waals surface area contributed by atoms with Gasteiger partial charge in [0.15, 0.2) is 0 Å². The van der Waals surface area contributed by atoms with Gasteiger partial charge in [0.1, 0.15) is 0 Å². The van der Waals surface area contributed by atoms with Gasteiger partial charge in [-0.3, -0.25) is 4.57 Å². The molecule has 1 aliphatic heterocycles. The van der Waals surface area contributed by atoms with E-state index < -0.39 is 7.60 Å². The Morgan fingerprint density at radius 1 is 1.15 bits per heavy atom. The van der Waals surface area contributed by atoms with Gasteiger partial charge in [0.05, 0.1) is 32.6 Å². The van der Waals surface area contributed by atoms with Gasteiger partial charge in [-0.2, -0.15) is 12.6 Å². The van der Waals surface area contributed by atoms with Crippen LogP contribution in [0.3, 0.4) is 0 Å². The molecule has 0 aromatic rings. The van der Waals surface area contributed by atoms with Gasteiger partial charge in [0.25, 0.3) is 0 Å². The quantitative estimate of drug-likeness (QED) is 0.464. The average molecular weight is 230 g/mol. The molecule has 0 unspecified atom stereocenters. The lowest BCUT2D eigenvalue weighted by Gasteiger charge is -2.09. The highest BCUT2D eigenvalue weighted by molar-refractivity contribution is 7.80. The molecular formula is C6H15O5PS. The molecule has 7 heteroatoms. The maximum atomic E-state index is 9.88. The highest BCUT2D eigenvalue weighted by Crippen LogP contribution is 2.33. The molecule has 0 amide bonds. The van der Waals surface area contributed by atoms with E-state index in [4.69, 9.17) is 19.3 Å². The lowest BCUT2D eigenvalue weighted by atomic mass is 10.6. The first-order valence-electron chi connectivity index (χ1n) is 3.87. The van der Waals surface area contributed by atoms with Crippen LogP contribution in [0.15, 0.2) is 0 Å². The Balaban J connectivity index is 0.000000223. The SMILES string of the molecule is C1COCCO1.O=P(O)(O)CCS. The van der Waals surface area contributed by atoms with Crippen molar-refractivity contribution in [2.24, 2.45) is 0 Å². The fraction of sp³-hybridized carbons (Fsp3) is 1.00. The van der Waals surface area contributed by atoms with E-state index in [1.165, 1.54) is 0 Å². The van der Waals surface area contributed by atoms with Crippen molar-refractivity contribution in [3.8, 4) is 0 Å². The van der Waals surface area contributed by atoms with Crippen LogP contribution in [0, 0.1) is 0 Å². The van der Waals surface area contributed by atoms with Gasteiger partial charge in [-0.25, -0.2) is 0 Å². The number of ether oxygens (including phenoxy) is 2. The molecular weight excluding hydrogens is 215 g/mol. The number of rotatable bonds is 2. The molecule has 1 heterocycles. The molecule has 0 aromatic carbocycles. The van der Waals surface area contributed by atoms with E-state index in [0.717, 1.165) is 26.4 Å². The monoisotopic (exact) mass is 230 g/mol. The maximum absolute atomic E-state index is 9.88. The second-order valence-electron chi connectivity index (χ2n) is 2.34. The zero-order valence-electron chi connectivity index (χ0n) is 7.26. The molecule has 0 aliphatic carbocycles. The molecule has 5 nitrogen and oxygen atoms in total. The third-order valence-corrected chi connectivity index (χ3v) is 2.52. The number of hydrogen-bond acceptors (Lipinski definition) is 4. The molecule has 80 valence electrons. The Morgan fingerprint density at radius 3 is 1.62 bits per heavy atom. The molecule has 0 saturated carbocycles. The normalized spacial score (nSPS) is 17.5. The van der Waals surface area contributed by atoms with Crippen molar-refractivity contribution in [3.63, 3.8) is 0 Å². The summed E-state index contributed by atoms with van der Waals surface area (Å²) < 4.78 is 19.8. The minimum absolute atomic E-state index is 0.129. The Bertz CT molecular complexity index is 144. The van der Waals surface area contributed by atoms with E-state index in [9.17, 15) is 4.57 Å². The summed E-state index contributed by atoms with van der Waals surface area (Å²) in [6, 6.07) is 0. The third kappa shape index (κ3) is 12.4. The molecule has 1 aliphatic rings. The van der Waals surface area contributed by atoms with Crippen LogP contribution in [0.2, 0.25) is 0 Å². The zero-order valence-corrected chi connectivity index (χ0v) is 9.05. The van der Waals surface area contributed by atoms with Crippen LogP contribution < -0.4 is 0 Å². The molecule has 0 aromatic heterocycles. The minimum atomic E-state index is -3.74. The molecule has 0 spiro atoms. The van der Waals surface area contributed by atoms with Gasteiger partial charge in [0, 0.05) is 5.75 Å². The van der Waals surface area contributed by atoms with Gasteiger partial charge < -0.3 is 19.3 Å². The molecule has 1 saturated heterocycles.